The molecule has 21 heavy (non-hydrogen) atoms. The number of nitrogens with two attached hydrogens (primary N) is 1. The van der Waals surface area contributed by atoms with Crippen LogP contribution in [0.15, 0.2) is 47.4 Å². The molecule has 0 bridgehead atoms. The number of amides is 1. The molecule has 3 N–H and O–H groups in total. The summed E-state index contributed by atoms with van der Waals surface area (Å²) in [6, 6.07) is 12.4. The molecule has 2 aromatic carbocycles. The molecule has 0 radical (unpaired) electrons. The molecule has 0 aromatic heterocycles. The van der Waals surface area contributed by atoms with E-state index in [0.29, 0.717) is 17.8 Å². The fraction of sp³-hybridized carbons (Fsp3) is 0.188. The van der Waals surface area contributed by atoms with Crippen molar-refractivity contribution in [1.82, 2.24) is 5.32 Å². The minimum Gasteiger partial charge on any atom is -0.398 e. The van der Waals surface area contributed by atoms with E-state index in [1.165, 1.54) is 17.8 Å². The summed E-state index contributed by atoms with van der Waals surface area (Å²) < 4.78 is 13.4. The lowest BCUT2D eigenvalue weighted by atomic mass is 10.1. The van der Waals surface area contributed by atoms with Gasteiger partial charge in [0.25, 0.3) is 0 Å². The number of nitrogens with one attached hydrogen (secondary N) is 1. The van der Waals surface area contributed by atoms with Gasteiger partial charge in [0.05, 0.1) is 5.75 Å². The second kappa shape index (κ2) is 7.13. The fourth-order valence-corrected chi connectivity index (χ4v) is 2.55. The molecule has 0 aliphatic rings. The van der Waals surface area contributed by atoms with Gasteiger partial charge in [-0.2, -0.15) is 0 Å². The SMILES string of the molecule is Cc1ccc(CNC(=O)CSc2ccccc2N)cc1F. The van der Waals surface area contributed by atoms with Gasteiger partial charge in [-0.15, -0.1) is 11.8 Å². The molecule has 0 heterocycles. The van der Waals surface area contributed by atoms with Gasteiger partial charge in [-0.25, -0.2) is 4.39 Å². The molecule has 2 aromatic rings. The van der Waals surface area contributed by atoms with E-state index in [-0.39, 0.29) is 17.5 Å². The van der Waals surface area contributed by atoms with Crippen LogP contribution in [-0.2, 0) is 11.3 Å². The van der Waals surface area contributed by atoms with Crippen molar-refractivity contribution in [3.63, 3.8) is 0 Å². The molecular formula is C16H17FN2OS. The number of hydrogen-bond acceptors (Lipinski definition) is 3. The second-order valence-electron chi connectivity index (χ2n) is 4.69. The predicted molar refractivity (Wildman–Crippen MR) is 84.6 cm³/mol. The Hall–Kier alpha value is -2.01. The summed E-state index contributed by atoms with van der Waals surface area (Å²) in [5, 5.41) is 2.77. The smallest absolute Gasteiger partial charge is 0.230 e. The van der Waals surface area contributed by atoms with Crippen LogP contribution in [0.1, 0.15) is 11.1 Å². The second-order valence-corrected chi connectivity index (χ2v) is 5.70. The highest BCUT2D eigenvalue weighted by molar-refractivity contribution is 8.00. The Labute approximate surface area is 127 Å². The Balaban J connectivity index is 1.82. The lowest BCUT2D eigenvalue weighted by molar-refractivity contribution is -0.118. The van der Waals surface area contributed by atoms with E-state index in [9.17, 15) is 9.18 Å². The van der Waals surface area contributed by atoms with Gasteiger partial charge in [0, 0.05) is 17.1 Å². The first-order chi connectivity index (χ1) is 10.1. The summed E-state index contributed by atoms with van der Waals surface area (Å²) in [5.74, 6) is -0.0832. The number of thioether (sulfide) groups is 1. The van der Waals surface area contributed by atoms with Crippen LogP contribution in [0.2, 0.25) is 0 Å². The van der Waals surface area contributed by atoms with E-state index >= 15 is 0 Å². The lowest BCUT2D eigenvalue weighted by Crippen LogP contribution is -2.24. The van der Waals surface area contributed by atoms with E-state index in [1.54, 1.807) is 25.1 Å². The third-order valence-electron chi connectivity index (χ3n) is 3.00. The Morgan fingerprint density at radius 3 is 2.76 bits per heavy atom. The summed E-state index contributed by atoms with van der Waals surface area (Å²) in [5.41, 5.74) is 7.81. The number of para-hydroxylation sites is 1. The third-order valence-corrected chi connectivity index (χ3v) is 4.09. The van der Waals surface area contributed by atoms with Gasteiger partial charge in [0.1, 0.15) is 5.82 Å². The highest BCUT2D eigenvalue weighted by Crippen LogP contribution is 2.23. The molecule has 0 aliphatic heterocycles. The first kappa shape index (κ1) is 15.4. The molecule has 0 fully saturated rings. The zero-order valence-electron chi connectivity index (χ0n) is 11.7. The molecule has 0 saturated carbocycles. The molecule has 110 valence electrons. The minimum atomic E-state index is -0.256. The van der Waals surface area contributed by atoms with Gasteiger partial charge in [-0.05, 0) is 36.2 Å². The number of hydrogen-bond donors (Lipinski definition) is 2. The van der Waals surface area contributed by atoms with Gasteiger partial charge < -0.3 is 11.1 Å². The molecule has 0 spiro atoms. The average molecular weight is 304 g/mol. The molecule has 5 heteroatoms. The maximum absolute atomic E-state index is 13.4. The van der Waals surface area contributed by atoms with Gasteiger partial charge >= 0.3 is 0 Å². The van der Waals surface area contributed by atoms with Gasteiger partial charge in [-0.1, -0.05) is 24.3 Å². The van der Waals surface area contributed by atoms with Crippen LogP contribution in [0, 0.1) is 12.7 Å². The van der Waals surface area contributed by atoms with Crippen LogP contribution >= 0.6 is 11.8 Å². The van der Waals surface area contributed by atoms with E-state index in [0.717, 1.165) is 10.5 Å². The molecule has 2 rings (SSSR count). The van der Waals surface area contributed by atoms with Crippen molar-refractivity contribution in [2.45, 2.75) is 18.4 Å². The van der Waals surface area contributed by atoms with E-state index in [1.807, 2.05) is 18.2 Å². The number of aryl methyl sites for hydroxylation is 1. The number of carbonyl (C=O) groups excluding carboxylic acids is 1. The van der Waals surface area contributed by atoms with Crippen molar-refractivity contribution in [3.8, 4) is 0 Å². The van der Waals surface area contributed by atoms with Crippen LogP contribution in [0.5, 0.6) is 0 Å². The van der Waals surface area contributed by atoms with Gasteiger partial charge in [0.2, 0.25) is 5.91 Å². The number of carbonyl (C=O) groups is 1. The third kappa shape index (κ3) is 4.49. The molecular weight excluding hydrogens is 287 g/mol. The quantitative estimate of drug-likeness (QED) is 0.659. The van der Waals surface area contributed by atoms with Crippen molar-refractivity contribution in [3.05, 3.63) is 59.4 Å². The van der Waals surface area contributed by atoms with Crippen molar-refractivity contribution in [2.75, 3.05) is 11.5 Å². The Morgan fingerprint density at radius 1 is 1.29 bits per heavy atom. The van der Waals surface area contributed by atoms with Crippen LogP contribution in [0.4, 0.5) is 10.1 Å². The molecule has 0 atom stereocenters. The molecule has 0 unspecified atom stereocenters. The summed E-state index contributed by atoms with van der Waals surface area (Å²) in [7, 11) is 0. The normalized spacial score (nSPS) is 10.4. The topological polar surface area (TPSA) is 55.1 Å². The summed E-state index contributed by atoms with van der Waals surface area (Å²) in [6.45, 7) is 2.03. The number of nitrogen functional groups attached to an aromatic ring is 1. The highest BCUT2D eigenvalue weighted by atomic mass is 32.2. The zero-order chi connectivity index (χ0) is 15.2. The van der Waals surface area contributed by atoms with E-state index < -0.39 is 0 Å². The van der Waals surface area contributed by atoms with Crippen molar-refractivity contribution in [2.24, 2.45) is 0 Å². The Morgan fingerprint density at radius 2 is 2.05 bits per heavy atom. The lowest BCUT2D eigenvalue weighted by Gasteiger charge is -2.07. The minimum absolute atomic E-state index is 0.107. The number of anilines is 1. The van der Waals surface area contributed by atoms with Crippen molar-refractivity contribution >= 4 is 23.4 Å². The van der Waals surface area contributed by atoms with Crippen molar-refractivity contribution < 1.29 is 9.18 Å². The van der Waals surface area contributed by atoms with Crippen LogP contribution in [0.25, 0.3) is 0 Å². The first-order valence-corrected chi connectivity index (χ1v) is 7.54. The first-order valence-electron chi connectivity index (χ1n) is 6.55. The average Bonchev–Trinajstić information content (AvgIpc) is 2.47. The maximum Gasteiger partial charge on any atom is 0.230 e. The standard InChI is InChI=1S/C16H17FN2OS/c1-11-6-7-12(8-13(11)17)9-19-16(20)10-21-15-5-3-2-4-14(15)18/h2-8H,9-10,18H2,1H3,(H,19,20). The molecule has 1 amide bonds. The largest absolute Gasteiger partial charge is 0.398 e. The summed E-state index contributed by atoms with van der Waals surface area (Å²) in [6.07, 6.45) is 0. The predicted octanol–water partition coefficient (Wildman–Crippen LogP) is 3.12. The van der Waals surface area contributed by atoms with Crippen molar-refractivity contribution in [1.29, 1.82) is 0 Å². The van der Waals surface area contributed by atoms with Crippen LogP contribution < -0.4 is 11.1 Å². The van der Waals surface area contributed by atoms with Gasteiger partial charge in [-0.3, -0.25) is 4.79 Å². The highest BCUT2D eigenvalue weighted by Gasteiger charge is 2.06. The zero-order valence-corrected chi connectivity index (χ0v) is 12.5. The van der Waals surface area contributed by atoms with E-state index in [2.05, 4.69) is 5.32 Å². The molecule has 3 nitrogen and oxygen atoms in total. The van der Waals surface area contributed by atoms with E-state index in [4.69, 9.17) is 5.73 Å². The number of rotatable bonds is 5. The Bertz CT molecular complexity index is 646. The molecule has 0 saturated heterocycles. The van der Waals surface area contributed by atoms with Crippen LogP contribution in [-0.4, -0.2) is 11.7 Å². The van der Waals surface area contributed by atoms with Gasteiger partial charge in [0.15, 0.2) is 0 Å². The maximum atomic E-state index is 13.4. The number of halogens is 1. The van der Waals surface area contributed by atoms with Crippen LogP contribution in [0.3, 0.4) is 0 Å². The monoisotopic (exact) mass is 304 g/mol. The number of benzene rings is 2. The Kier molecular flexibility index (Phi) is 5.22. The molecule has 0 aliphatic carbocycles. The fourth-order valence-electron chi connectivity index (χ4n) is 1.75. The summed E-state index contributed by atoms with van der Waals surface area (Å²) in [4.78, 5) is 12.7. The summed E-state index contributed by atoms with van der Waals surface area (Å²) >= 11 is 1.38.